The van der Waals surface area contributed by atoms with E-state index in [-0.39, 0.29) is 11.8 Å². The van der Waals surface area contributed by atoms with Crippen LogP contribution in [0.3, 0.4) is 0 Å². The molecular weight excluding hydrogens is 338 g/mol. The Morgan fingerprint density at radius 3 is 2.63 bits per heavy atom. The van der Waals surface area contributed by atoms with Crippen LogP contribution < -0.4 is 10.2 Å². The maximum Gasteiger partial charge on any atom is 0.231 e. The van der Waals surface area contributed by atoms with Crippen molar-refractivity contribution in [1.82, 2.24) is 14.8 Å². The van der Waals surface area contributed by atoms with Crippen LogP contribution in [0, 0.1) is 20.8 Å². The summed E-state index contributed by atoms with van der Waals surface area (Å²) >= 11 is 0. The number of piperidine rings is 1. The Labute approximate surface area is 162 Å². The highest BCUT2D eigenvalue weighted by atomic mass is 16.1. The summed E-state index contributed by atoms with van der Waals surface area (Å²) in [6.07, 6.45) is 5.49. The van der Waals surface area contributed by atoms with Crippen molar-refractivity contribution in [2.24, 2.45) is 7.05 Å². The summed E-state index contributed by atoms with van der Waals surface area (Å²) in [5.74, 6) is 0.738. The second-order valence-corrected chi connectivity index (χ2v) is 7.82. The Balaban J connectivity index is 1.75. The molecule has 2 aromatic heterocycles. The number of rotatable bonds is 4. The molecule has 0 radical (unpaired) electrons. The fraction of sp³-hybridized carbons (Fsp3) is 0.571. The molecule has 0 saturated carbocycles. The van der Waals surface area contributed by atoms with Gasteiger partial charge in [0, 0.05) is 30.9 Å². The Hall–Kier alpha value is -2.37. The van der Waals surface area contributed by atoms with E-state index in [1.54, 1.807) is 6.20 Å². The highest BCUT2D eigenvalue weighted by Crippen LogP contribution is 2.28. The molecule has 0 unspecified atom stereocenters. The third-order valence-corrected chi connectivity index (χ3v) is 5.78. The number of carbonyl (C=O) groups is 1. The standard InChI is InChI=1S/C21H31N5O/c1-13-11-18(12-22-20(13)26-10-8-7-9-14(26)2)23-21(27)15(3)19-16(4)24-25(6)17(19)5/h11-12,14-15H,7-10H2,1-6H3,(H,23,27)/t14-,15+/m0/s1. The first-order chi connectivity index (χ1) is 12.8. The summed E-state index contributed by atoms with van der Waals surface area (Å²) in [7, 11) is 1.91. The van der Waals surface area contributed by atoms with Gasteiger partial charge in [0.2, 0.25) is 5.91 Å². The van der Waals surface area contributed by atoms with Crippen LogP contribution in [0.2, 0.25) is 0 Å². The van der Waals surface area contributed by atoms with Crippen LogP contribution in [0.4, 0.5) is 11.5 Å². The minimum absolute atomic E-state index is 0.0329. The van der Waals surface area contributed by atoms with Gasteiger partial charge >= 0.3 is 0 Å². The van der Waals surface area contributed by atoms with Crippen LogP contribution >= 0.6 is 0 Å². The van der Waals surface area contributed by atoms with Crippen molar-refractivity contribution in [3.63, 3.8) is 0 Å². The first kappa shape index (κ1) is 19.4. The zero-order valence-corrected chi connectivity index (χ0v) is 17.3. The molecule has 1 fully saturated rings. The van der Waals surface area contributed by atoms with Gasteiger partial charge < -0.3 is 10.2 Å². The first-order valence-corrected chi connectivity index (χ1v) is 9.83. The topological polar surface area (TPSA) is 63.1 Å². The van der Waals surface area contributed by atoms with Gasteiger partial charge in [-0.1, -0.05) is 0 Å². The van der Waals surface area contributed by atoms with Crippen molar-refractivity contribution in [1.29, 1.82) is 0 Å². The predicted molar refractivity (Wildman–Crippen MR) is 109 cm³/mol. The van der Waals surface area contributed by atoms with Crippen molar-refractivity contribution >= 4 is 17.4 Å². The van der Waals surface area contributed by atoms with Crippen molar-refractivity contribution in [3.05, 3.63) is 34.8 Å². The molecule has 1 amide bonds. The second-order valence-electron chi connectivity index (χ2n) is 7.82. The fourth-order valence-electron chi connectivity index (χ4n) is 4.15. The molecule has 0 aliphatic carbocycles. The Bertz CT molecular complexity index is 841. The average molecular weight is 370 g/mol. The van der Waals surface area contributed by atoms with E-state index in [2.05, 4.69) is 34.1 Å². The van der Waals surface area contributed by atoms with Gasteiger partial charge in [0.25, 0.3) is 0 Å². The Morgan fingerprint density at radius 2 is 2.04 bits per heavy atom. The third-order valence-electron chi connectivity index (χ3n) is 5.78. The summed E-state index contributed by atoms with van der Waals surface area (Å²) in [6.45, 7) is 11.3. The fourth-order valence-corrected chi connectivity index (χ4v) is 4.15. The monoisotopic (exact) mass is 369 g/mol. The molecule has 1 N–H and O–H groups in total. The van der Waals surface area contributed by atoms with E-state index in [1.807, 2.05) is 38.6 Å². The van der Waals surface area contributed by atoms with Crippen molar-refractivity contribution in [2.45, 2.75) is 65.8 Å². The number of pyridine rings is 1. The molecule has 146 valence electrons. The van der Waals surface area contributed by atoms with Gasteiger partial charge in [-0.05, 0) is 65.5 Å². The van der Waals surface area contributed by atoms with Crippen LogP contribution in [0.5, 0.6) is 0 Å². The zero-order valence-electron chi connectivity index (χ0n) is 17.3. The molecule has 6 heteroatoms. The molecule has 0 aromatic carbocycles. The summed E-state index contributed by atoms with van der Waals surface area (Å²) in [6, 6.07) is 2.54. The highest BCUT2D eigenvalue weighted by molar-refractivity contribution is 5.96. The van der Waals surface area contributed by atoms with Crippen molar-refractivity contribution in [2.75, 3.05) is 16.8 Å². The lowest BCUT2D eigenvalue weighted by atomic mass is 9.98. The molecule has 6 nitrogen and oxygen atoms in total. The minimum Gasteiger partial charge on any atom is -0.354 e. The molecule has 2 aromatic rings. The van der Waals surface area contributed by atoms with Gasteiger partial charge in [-0.2, -0.15) is 5.10 Å². The zero-order chi connectivity index (χ0) is 19.7. The quantitative estimate of drug-likeness (QED) is 0.889. The lowest BCUT2D eigenvalue weighted by Gasteiger charge is -2.35. The predicted octanol–water partition coefficient (Wildman–Crippen LogP) is 3.86. The smallest absolute Gasteiger partial charge is 0.231 e. The van der Waals surface area contributed by atoms with Crippen LogP contribution in [0.1, 0.15) is 61.5 Å². The molecule has 1 saturated heterocycles. The largest absolute Gasteiger partial charge is 0.354 e. The average Bonchev–Trinajstić information content (AvgIpc) is 2.87. The van der Waals surface area contributed by atoms with Gasteiger partial charge in [-0.25, -0.2) is 4.98 Å². The molecule has 0 bridgehead atoms. The van der Waals surface area contributed by atoms with E-state index in [0.717, 1.165) is 40.6 Å². The molecular formula is C21H31N5O. The van der Waals surface area contributed by atoms with Crippen LogP contribution in [-0.2, 0) is 11.8 Å². The van der Waals surface area contributed by atoms with Crippen LogP contribution in [0.15, 0.2) is 12.3 Å². The number of aryl methyl sites for hydroxylation is 3. The molecule has 3 rings (SSSR count). The lowest BCUT2D eigenvalue weighted by molar-refractivity contribution is -0.117. The van der Waals surface area contributed by atoms with E-state index in [4.69, 9.17) is 0 Å². The molecule has 3 heterocycles. The van der Waals surface area contributed by atoms with Crippen molar-refractivity contribution in [3.8, 4) is 0 Å². The lowest BCUT2D eigenvalue weighted by Crippen LogP contribution is -2.38. The summed E-state index contributed by atoms with van der Waals surface area (Å²) in [5.41, 5.74) is 4.78. The number of aromatic nitrogens is 3. The highest BCUT2D eigenvalue weighted by Gasteiger charge is 2.24. The Morgan fingerprint density at radius 1 is 1.30 bits per heavy atom. The van der Waals surface area contributed by atoms with Crippen molar-refractivity contribution < 1.29 is 4.79 Å². The number of anilines is 2. The maximum absolute atomic E-state index is 12.8. The van der Waals surface area contributed by atoms with E-state index in [0.29, 0.717) is 6.04 Å². The van der Waals surface area contributed by atoms with Gasteiger partial charge in [0.15, 0.2) is 0 Å². The third kappa shape index (κ3) is 3.84. The second kappa shape index (κ2) is 7.71. The molecule has 1 aliphatic rings. The molecule has 2 atom stereocenters. The number of amides is 1. The molecule has 0 spiro atoms. The molecule has 1 aliphatic heterocycles. The van der Waals surface area contributed by atoms with Gasteiger partial charge in [-0.15, -0.1) is 0 Å². The Kier molecular flexibility index (Phi) is 5.53. The van der Waals surface area contributed by atoms with Crippen LogP contribution in [-0.4, -0.2) is 33.3 Å². The van der Waals surface area contributed by atoms with E-state index in [9.17, 15) is 4.79 Å². The van der Waals surface area contributed by atoms with Crippen LogP contribution in [0.25, 0.3) is 0 Å². The number of nitrogens with one attached hydrogen (secondary N) is 1. The van der Waals surface area contributed by atoms with E-state index in [1.165, 1.54) is 19.3 Å². The minimum atomic E-state index is -0.263. The maximum atomic E-state index is 12.8. The van der Waals surface area contributed by atoms with E-state index < -0.39 is 0 Å². The number of hydrogen-bond donors (Lipinski definition) is 1. The van der Waals surface area contributed by atoms with Gasteiger partial charge in [0.05, 0.1) is 23.5 Å². The van der Waals surface area contributed by atoms with Gasteiger partial charge in [-0.3, -0.25) is 9.48 Å². The summed E-state index contributed by atoms with van der Waals surface area (Å²) in [4.78, 5) is 19.8. The van der Waals surface area contributed by atoms with E-state index >= 15 is 0 Å². The first-order valence-electron chi connectivity index (χ1n) is 9.83. The molecule has 27 heavy (non-hydrogen) atoms. The summed E-state index contributed by atoms with van der Waals surface area (Å²) in [5, 5.41) is 7.45. The number of nitrogens with zero attached hydrogens (tertiary/aromatic N) is 4. The van der Waals surface area contributed by atoms with Gasteiger partial charge in [0.1, 0.15) is 5.82 Å². The summed E-state index contributed by atoms with van der Waals surface area (Å²) < 4.78 is 1.83. The number of carbonyl (C=O) groups excluding carboxylic acids is 1. The SMILES string of the molecule is Cc1cc(NC(=O)[C@H](C)c2c(C)nn(C)c2C)cnc1N1CCCC[C@@H]1C. The normalized spacial score (nSPS) is 18.4. The number of hydrogen-bond acceptors (Lipinski definition) is 4.